The molecule has 0 spiro atoms. The molecule has 0 amide bonds. The Morgan fingerprint density at radius 1 is 1.22 bits per heavy atom. The van der Waals surface area contributed by atoms with Crippen LogP contribution in [0.25, 0.3) is 0 Å². The second kappa shape index (κ2) is 11.1. The standard InChI is InChI=1S/C28H28BrCl2N3O3/c1-28(2)12-22-26(23(35)13-28)25(19(14-32)27(33)34(22)8-9-36-3)16-5-7-24(20(29)10-16)37-15-17-4-6-18(30)11-21(17)31/h4-7,10-11,25H,8-9,12-13,15,33H2,1-3H3/t25-/m0/s1. The molecule has 0 aromatic heterocycles. The fourth-order valence-electron chi connectivity index (χ4n) is 4.95. The molecule has 2 N–H and O–H groups in total. The zero-order valence-corrected chi connectivity index (χ0v) is 24.0. The fourth-order valence-corrected chi connectivity index (χ4v) is 5.93. The molecule has 6 nitrogen and oxygen atoms in total. The number of ketones is 1. The van der Waals surface area contributed by atoms with E-state index in [4.69, 9.17) is 38.4 Å². The molecular formula is C28H28BrCl2N3O3. The van der Waals surface area contributed by atoms with Crippen LogP contribution in [0, 0.1) is 16.7 Å². The van der Waals surface area contributed by atoms with Crippen molar-refractivity contribution in [2.75, 3.05) is 20.3 Å². The van der Waals surface area contributed by atoms with Crippen molar-refractivity contribution >= 4 is 44.9 Å². The highest BCUT2D eigenvalue weighted by Crippen LogP contribution is 2.49. The maximum atomic E-state index is 13.5. The number of carbonyl (C=O) groups excluding carboxylic acids is 1. The van der Waals surface area contributed by atoms with Crippen molar-refractivity contribution in [3.63, 3.8) is 0 Å². The first-order chi connectivity index (χ1) is 17.6. The first-order valence-electron chi connectivity index (χ1n) is 11.8. The Bertz CT molecular complexity index is 1350. The molecule has 4 rings (SSSR count). The SMILES string of the molecule is COCCN1C(N)=C(C#N)[C@H](c2ccc(OCc3ccc(Cl)cc3Cl)c(Br)c2)C2=C1CC(C)(C)CC2=O. The number of allylic oxidation sites excluding steroid dienone is 3. The van der Waals surface area contributed by atoms with E-state index in [0.717, 1.165) is 16.8 Å². The summed E-state index contributed by atoms with van der Waals surface area (Å²) in [6.07, 6.45) is 1.08. The molecule has 2 aromatic rings. The number of carbonyl (C=O) groups is 1. The van der Waals surface area contributed by atoms with E-state index < -0.39 is 5.92 Å². The Hall–Kier alpha value is -2.50. The largest absolute Gasteiger partial charge is 0.488 e. The zero-order valence-electron chi connectivity index (χ0n) is 20.9. The molecule has 0 fully saturated rings. The van der Waals surface area contributed by atoms with E-state index >= 15 is 0 Å². The molecule has 194 valence electrons. The second-order valence-corrected chi connectivity index (χ2v) is 11.7. The van der Waals surface area contributed by atoms with Crippen molar-refractivity contribution in [2.24, 2.45) is 11.1 Å². The van der Waals surface area contributed by atoms with Gasteiger partial charge in [-0.2, -0.15) is 5.26 Å². The number of ether oxygens (including phenoxy) is 2. The van der Waals surface area contributed by atoms with Crippen molar-refractivity contribution in [3.8, 4) is 11.8 Å². The Kier molecular flexibility index (Phi) is 8.25. The summed E-state index contributed by atoms with van der Waals surface area (Å²) in [4.78, 5) is 15.4. The number of nitrogens with zero attached hydrogens (tertiary/aromatic N) is 2. The van der Waals surface area contributed by atoms with Crippen LogP contribution in [0.4, 0.5) is 0 Å². The molecule has 2 aliphatic rings. The van der Waals surface area contributed by atoms with Crippen molar-refractivity contribution < 1.29 is 14.3 Å². The lowest BCUT2D eigenvalue weighted by molar-refractivity contribution is -0.118. The highest BCUT2D eigenvalue weighted by Gasteiger charge is 2.44. The Labute approximate surface area is 235 Å². The van der Waals surface area contributed by atoms with E-state index in [1.807, 2.05) is 29.2 Å². The lowest BCUT2D eigenvalue weighted by atomic mass is 9.68. The molecule has 0 unspecified atom stereocenters. The molecule has 0 bridgehead atoms. The van der Waals surface area contributed by atoms with Gasteiger partial charge in [0.2, 0.25) is 0 Å². The van der Waals surface area contributed by atoms with Crippen molar-refractivity contribution in [3.05, 3.63) is 84.7 Å². The van der Waals surface area contributed by atoms with Gasteiger partial charge in [-0.15, -0.1) is 0 Å². The Morgan fingerprint density at radius 3 is 2.62 bits per heavy atom. The number of halogens is 3. The minimum absolute atomic E-state index is 0.0350. The van der Waals surface area contributed by atoms with Crippen LogP contribution in [0.3, 0.4) is 0 Å². The number of benzene rings is 2. The van der Waals surface area contributed by atoms with Gasteiger partial charge in [-0.05, 0) is 57.6 Å². The van der Waals surface area contributed by atoms with E-state index in [2.05, 4.69) is 35.8 Å². The monoisotopic (exact) mass is 603 g/mol. The zero-order chi connectivity index (χ0) is 26.9. The van der Waals surface area contributed by atoms with E-state index in [1.165, 1.54) is 0 Å². The van der Waals surface area contributed by atoms with Crippen LogP contribution in [0.2, 0.25) is 10.0 Å². The molecule has 0 saturated carbocycles. The topological polar surface area (TPSA) is 88.6 Å². The van der Waals surface area contributed by atoms with E-state index in [1.54, 1.807) is 19.2 Å². The van der Waals surface area contributed by atoms with Gasteiger partial charge in [-0.1, -0.05) is 49.2 Å². The van der Waals surface area contributed by atoms with Crippen LogP contribution in [-0.4, -0.2) is 30.9 Å². The smallest absolute Gasteiger partial charge is 0.162 e. The number of hydrogen-bond acceptors (Lipinski definition) is 6. The van der Waals surface area contributed by atoms with Gasteiger partial charge < -0.3 is 20.1 Å². The number of Topliss-reactive ketones (excluding diaryl/α,β-unsaturated/α-hetero) is 1. The molecule has 1 atom stereocenters. The fraction of sp³-hybridized carbons (Fsp3) is 0.357. The van der Waals surface area contributed by atoms with Crippen molar-refractivity contribution in [1.29, 1.82) is 5.26 Å². The van der Waals surface area contributed by atoms with Gasteiger partial charge in [-0.25, -0.2) is 0 Å². The summed E-state index contributed by atoms with van der Waals surface area (Å²) in [5.41, 5.74) is 9.81. The molecule has 37 heavy (non-hydrogen) atoms. The van der Waals surface area contributed by atoms with Crippen LogP contribution in [-0.2, 0) is 16.1 Å². The van der Waals surface area contributed by atoms with Crippen LogP contribution in [0.1, 0.15) is 43.7 Å². The lowest BCUT2D eigenvalue weighted by Crippen LogP contribution is -2.43. The van der Waals surface area contributed by atoms with E-state index in [-0.39, 0.29) is 17.8 Å². The molecular weight excluding hydrogens is 577 g/mol. The number of hydrogen-bond donors (Lipinski definition) is 1. The summed E-state index contributed by atoms with van der Waals surface area (Å²) >= 11 is 15.9. The third-order valence-electron chi connectivity index (χ3n) is 6.69. The maximum absolute atomic E-state index is 13.5. The first-order valence-corrected chi connectivity index (χ1v) is 13.4. The Morgan fingerprint density at radius 2 is 1.97 bits per heavy atom. The highest BCUT2D eigenvalue weighted by atomic mass is 79.9. The van der Waals surface area contributed by atoms with Crippen molar-refractivity contribution in [2.45, 2.75) is 39.2 Å². The summed E-state index contributed by atoms with van der Waals surface area (Å²) in [7, 11) is 1.62. The molecule has 1 aliphatic heterocycles. The Balaban J connectivity index is 1.71. The summed E-state index contributed by atoms with van der Waals surface area (Å²) in [6, 6.07) is 13.1. The van der Waals surface area contributed by atoms with Gasteiger partial charge in [0.25, 0.3) is 0 Å². The van der Waals surface area contributed by atoms with Crippen LogP contribution < -0.4 is 10.5 Å². The van der Waals surface area contributed by atoms with Gasteiger partial charge in [0, 0.05) is 47.0 Å². The summed E-state index contributed by atoms with van der Waals surface area (Å²) < 4.78 is 12.0. The number of nitriles is 1. The number of methoxy groups -OCH3 is 1. The lowest BCUT2D eigenvalue weighted by Gasteiger charge is -2.43. The highest BCUT2D eigenvalue weighted by molar-refractivity contribution is 9.10. The third kappa shape index (κ3) is 5.68. The molecule has 1 heterocycles. The van der Waals surface area contributed by atoms with Crippen molar-refractivity contribution in [1.82, 2.24) is 4.90 Å². The normalized spacial score (nSPS) is 19.1. The second-order valence-electron chi connectivity index (χ2n) is 10.0. The van der Waals surface area contributed by atoms with Gasteiger partial charge in [0.1, 0.15) is 18.2 Å². The van der Waals surface area contributed by atoms with Gasteiger partial charge in [-0.3, -0.25) is 4.79 Å². The molecule has 2 aromatic carbocycles. The average Bonchev–Trinajstić information content (AvgIpc) is 2.82. The van der Waals surface area contributed by atoms with Gasteiger partial charge in [0.15, 0.2) is 5.78 Å². The van der Waals surface area contributed by atoms with E-state index in [0.29, 0.717) is 63.2 Å². The quantitative estimate of drug-likeness (QED) is 0.377. The summed E-state index contributed by atoms with van der Waals surface area (Å²) in [5, 5.41) is 11.2. The molecule has 1 aliphatic carbocycles. The van der Waals surface area contributed by atoms with Crippen LogP contribution in [0.15, 0.2) is 63.5 Å². The third-order valence-corrected chi connectivity index (χ3v) is 7.90. The molecule has 0 radical (unpaired) electrons. The van der Waals surface area contributed by atoms with Crippen LogP contribution >= 0.6 is 39.1 Å². The predicted octanol–water partition coefficient (Wildman–Crippen LogP) is 6.72. The van der Waals surface area contributed by atoms with Crippen LogP contribution in [0.5, 0.6) is 5.75 Å². The molecule has 0 saturated heterocycles. The summed E-state index contributed by atoms with van der Waals surface area (Å²) in [6.45, 7) is 5.29. The maximum Gasteiger partial charge on any atom is 0.162 e. The van der Waals surface area contributed by atoms with E-state index in [9.17, 15) is 10.1 Å². The number of nitrogens with two attached hydrogens (primary N) is 1. The minimum Gasteiger partial charge on any atom is -0.488 e. The van der Waals surface area contributed by atoms with Gasteiger partial charge in [0.05, 0.1) is 28.6 Å². The summed E-state index contributed by atoms with van der Waals surface area (Å²) in [5.74, 6) is 0.446. The average molecular weight is 605 g/mol. The van der Waals surface area contributed by atoms with Gasteiger partial charge >= 0.3 is 0 Å². The molecule has 9 heteroatoms. The first kappa shape index (κ1) is 27.5. The minimum atomic E-state index is -0.557. The number of rotatable bonds is 7. The predicted molar refractivity (Wildman–Crippen MR) is 148 cm³/mol.